The molecule has 5 aliphatic carbocycles. The summed E-state index contributed by atoms with van der Waals surface area (Å²) in [6.07, 6.45) is 12.0. The maximum atomic E-state index is 13.8. The third-order valence-electron chi connectivity index (χ3n) is 15.7. The van der Waals surface area contributed by atoms with Crippen molar-refractivity contribution in [3.8, 4) is 0 Å². The molecule has 10 atom stereocenters. The first-order chi connectivity index (χ1) is 20.0. The third kappa shape index (κ3) is 4.68. The number of carbonyl (C=O) groups excluding carboxylic acids is 1. The maximum Gasteiger partial charge on any atom is 0.320 e. The highest BCUT2D eigenvalue weighted by Crippen LogP contribution is 2.77. The number of ether oxygens (including phenoxy) is 1. The zero-order valence-corrected chi connectivity index (χ0v) is 28.3. The molecule has 0 aromatic heterocycles. The van der Waals surface area contributed by atoms with Gasteiger partial charge in [-0.15, -0.1) is 0 Å². The molecule has 4 unspecified atom stereocenters. The Hall–Kier alpha value is -1.14. The molecular formula is C37H61NO5. The lowest BCUT2D eigenvalue weighted by Crippen LogP contribution is -2.71. The summed E-state index contributed by atoms with van der Waals surface area (Å²) in [5.74, 6) is 0.102. The summed E-state index contributed by atoms with van der Waals surface area (Å²) in [5.41, 5.74) is -0.826. The molecular weight excluding hydrogens is 538 g/mol. The van der Waals surface area contributed by atoms with Gasteiger partial charge in [-0.1, -0.05) is 54.9 Å². The Bertz CT molecular complexity index is 1110. The summed E-state index contributed by atoms with van der Waals surface area (Å²) in [4.78, 5) is 29.3. The first kappa shape index (κ1) is 31.8. The number of carboxylic acid groups (broad SMARTS) is 1. The Morgan fingerprint density at radius 1 is 0.814 bits per heavy atom. The van der Waals surface area contributed by atoms with Crippen LogP contribution in [0.2, 0.25) is 0 Å². The number of hydrogen-bond acceptors (Lipinski definition) is 5. The largest absolute Gasteiger partial charge is 0.481 e. The zero-order chi connectivity index (χ0) is 31.2. The Morgan fingerprint density at radius 2 is 1.49 bits per heavy atom. The van der Waals surface area contributed by atoms with Crippen LogP contribution in [0.1, 0.15) is 132 Å². The van der Waals surface area contributed by atoms with Crippen LogP contribution in [0.15, 0.2) is 0 Å². The number of fused-ring (bicyclic) bond motifs is 7. The van der Waals surface area contributed by atoms with E-state index in [-0.39, 0.29) is 57.1 Å². The standard InChI is InChI=1S/C37H61NO5/c1-32(2)15-17-37(31(41)42)18-16-36(7)30(24(37)22-32)25(43-29(40)23-38-19-9-8-10-20-38)21-27-34(5)13-12-28(39)33(3,4)26(34)11-14-35(27,36)6/h24-28,30,39H,8-23H2,1-7H3,(H,41,42)/t24?,25-,26?,27?,28+,30?,34+,35-,36-,37+/m1/s1. The monoisotopic (exact) mass is 599 g/mol. The molecule has 43 heavy (non-hydrogen) atoms. The normalized spacial score (nSPS) is 49.0. The van der Waals surface area contributed by atoms with E-state index in [2.05, 4.69) is 53.4 Å². The smallest absolute Gasteiger partial charge is 0.320 e. The number of likely N-dealkylation sites (tertiary alicyclic amines) is 1. The number of carboxylic acids is 1. The first-order valence-electron chi connectivity index (χ1n) is 17.8. The van der Waals surface area contributed by atoms with E-state index in [4.69, 9.17) is 4.74 Å². The Morgan fingerprint density at radius 3 is 2.16 bits per heavy atom. The Labute approximate surface area is 261 Å². The van der Waals surface area contributed by atoms with Crippen LogP contribution in [-0.4, -0.2) is 58.9 Å². The number of rotatable bonds is 4. The van der Waals surface area contributed by atoms with E-state index in [9.17, 15) is 19.8 Å². The maximum absolute atomic E-state index is 13.8. The Kier molecular flexibility index (Phi) is 7.73. The van der Waals surface area contributed by atoms with Crippen molar-refractivity contribution in [2.75, 3.05) is 19.6 Å². The fourth-order valence-electron chi connectivity index (χ4n) is 13.0. The summed E-state index contributed by atoms with van der Waals surface area (Å²) in [6, 6.07) is 0. The van der Waals surface area contributed by atoms with Crippen molar-refractivity contribution < 1.29 is 24.5 Å². The average Bonchev–Trinajstić information content (AvgIpc) is 2.92. The van der Waals surface area contributed by atoms with Crippen LogP contribution in [0.5, 0.6) is 0 Å². The molecule has 0 aromatic carbocycles. The lowest BCUT2D eigenvalue weighted by molar-refractivity contribution is -0.281. The second-order valence-corrected chi connectivity index (χ2v) is 18.4. The lowest BCUT2D eigenvalue weighted by atomic mass is 9.31. The van der Waals surface area contributed by atoms with Gasteiger partial charge in [0.2, 0.25) is 0 Å². The molecule has 0 aromatic rings. The quantitative estimate of drug-likeness (QED) is 0.329. The Balaban J connectivity index is 1.42. The van der Waals surface area contributed by atoms with Gasteiger partial charge in [0, 0.05) is 5.92 Å². The lowest BCUT2D eigenvalue weighted by Gasteiger charge is -2.74. The van der Waals surface area contributed by atoms with E-state index < -0.39 is 11.4 Å². The fourth-order valence-corrected chi connectivity index (χ4v) is 13.0. The number of aliphatic carboxylic acids is 1. The van der Waals surface area contributed by atoms with Crippen LogP contribution in [-0.2, 0) is 14.3 Å². The third-order valence-corrected chi connectivity index (χ3v) is 15.7. The van der Waals surface area contributed by atoms with Crippen molar-refractivity contribution in [1.82, 2.24) is 4.90 Å². The van der Waals surface area contributed by atoms with Crippen LogP contribution in [0, 0.1) is 56.2 Å². The minimum absolute atomic E-state index is 0.00760. The molecule has 6 fully saturated rings. The predicted octanol–water partition coefficient (Wildman–Crippen LogP) is 7.32. The number of aliphatic hydroxyl groups excluding tert-OH is 1. The van der Waals surface area contributed by atoms with Crippen LogP contribution >= 0.6 is 0 Å². The summed E-state index contributed by atoms with van der Waals surface area (Å²) in [5, 5.41) is 22.0. The van der Waals surface area contributed by atoms with E-state index in [1.54, 1.807) is 0 Å². The number of hydrogen-bond donors (Lipinski definition) is 2. The summed E-state index contributed by atoms with van der Waals surface area (Å²) in [7, 11) is 0. The average molecular weight is 600 g/mol. The molecule has 6 aliphatic rings. The van der Waals surface area contributed by atoms with Crippen LogP contribution < -0.4 is 0 Å². The molecule has 2 N–H and O–H groups in total. The highest BCUT2D eigenvalue weighted by molar-refractivity contribution is 5.76. The second kappa shape index (κ2) is 10.4. The van der Waals surface area contributed by atoms with Gasteiger partial charge in [0.15, 0.2) is 0 Å². The minimum atomic E-state index is -0.724. The van der Waals surface area contributed by atoms with Crippen molar-refractivity contribution in [3.05, 3.63) is 0 Å². The van der Waals surface area contributed by atoms with Crippen LogP contribution in [0.25, 0.3) is 0 Å². The van der Waals surface area contributed by atoms with Gasteiger partial charge in [0.1, 0.15) is 6.10 Å². The van der Waals surface area contributed by atoms with Crippen molar-refractivity contribution >= 4 is 11.9 Å². The van der Waals surface area contributed by atoms with Gasteiger partial charge >= 0.3 is 11.9 Å². The topological polar surface area (TPSA) is 87.1 Å². The van der Waals surface area contributed by atoms with E-state index in [0.717, 1.165) is 90.1 Å². The molecule has 1 heterocycles. The first-order valence-corrected chi connectivity index (χ1v) is 17.8. The molecule has 6 heteroatoms. The SMILES string of the molecule is CC1(C)CC[C@]2(C(=O)O)CC[C@]3(C)C(C2C1)[C@H](OC(=O)CN1CCCCC1)CC1[C@@]2(C)CC[C@H](O)C(C)(C)C2CC[C@]13C. The number of carbonyl (C=O) groups is 2. The van der Waals surface area contributed by atoms with E-state index in [0.29, 0.717) is 18.4 Å². The van der Waals surface area contributed by atoms with Gasteiger partial charge in [-0.25, -0.2) is 0 Å². The van der Waals surface area contributed by atoms with Crippen molar-refractivity contribution in [2.24, 2.45) is 56.2 Å². The van der Waals surface area contributed by atoms with E-state index in [1.807, 2.05) is 0 Å². The zero-order valence-electron chi connectivity index (χ0n) is 28.3. The summed E-state index contributed by atoms with van der Waals surface area (Å²) in [6.45, 7) is 19.0. The summed E-state index contributed by atoms with van der Waals surface area (Å²) >= 11 is 0. The number of nitrogens with zero attached hydrogens (tertiary/aromatic N) is 1. The number of aliphatic hydroxyl groups is 1. The van der Waals surface area contributed by atoms with Gasteiger partial charge in [-0.3, -0.25) is 14.5 Å². The molecule has 0 bridgehead atoms. The second-order valence-electron chi connectivity index (χ2n) is 18.4. The molecule has 1 aliphatic heterocycles. The van der Waals surface area contributed by atoms with Gasteiger partial charge in [-0.05, 0) is 135 Å². The van der Waals surface area contributed by atoms with Crippen LogP contribution in [0.3, 0.4) is 0 Å². The van der Waals surface area contributed by atoms with Crippen molar-refractivity contribution in [2.45, 2.75) is 144 Å². The molecule has 5 saturated carbocycles. The van der Waals surface area contributed by atoms with Crippen molar-refractivity contribution in [3.63, 3.8) is 0 Å². The molecule has 1 saturated heterocycles. The molecule has 244 valence electrons. The summed E-state index contributed by atoms with van der Waals surface area (Å²) < 4.78 is 6.74. The number of piperidine rings is 1. The molecule has 0 amide bonds. The van der Waals surface area contributed by atoms with Gasteiger partial charge < -0.3 is 14.9 Å². The predicted molar refractivity (Wildman–Crippen MR) is 168 cm³/mol. The van der Waals surface area contributed by atoms with Gasteiger partial charge in [0.25, 0.3) is 0 Å². The van der Waals surface area contributed by atoms with Gasteiger partial charge in [0.05, 0.1) is 18.1 Å². The van der Waals surface area contributed by atoms with E-state index in [1.165, 1.54) is 6.42 Å². The number of esters is 1. The molecule has 6 nitrogen and oxygen atoms in total. The highest BCUT2D eigenvalue weighted by Gasteiger charge is 2.73. The van der Waals surface area contributed by atoms with Gasteiger partial charge in [-0.2, -0.15) is 0 Å². The van der Waals surface area contributed by atoms with E-state index >= 15 is 0 Å². The fraction of sp³-hybridized carbons (Fsp3) is 0.946. The minimum Gasteiger partial charge on any atom is -0.481 e. The molecule has 0 radical (unpaired) electrons. The molecule has 0 spiro atoms. The van der Waals surface area contributed by atoms with Crippen LogP contribution in [0.4, 0.5) is 0 Å². The van der Waals surface area contributed by atoms with Crippen molar-refractivity contribution in [1.29, 1.82) is 0 Å². The molecule has 6 rings (SSSR count). The highest BCUT2D eigenvalue weighted by atomic mass is 16.5.